The highest BCUT2D eigenvalue weighted by atomic mass is 32.2. The molecular formula is C21H21N3O2S. The molecule has 27 heavy (non-hydrogen) atoms. The van der Waals surface area contributed by atoms with Gasteiger partial charge in [0.15, 0.2) is 5.03 Å². The molecule has 0 aliphatic rings. The number of rotatable bonds is 6. The third-order valence-corrected chi connectivity index (χ3v) is 6.59. The molecule has 1 heterocycles. The lowest BCUT2D eigenvalue weighted by Crippen LogP contribution is -2.04. The second-order valence-corrected chi connectivity index (χ2v) is 8.49. The van der Waals surface area contributed by atoms with Gasteiger partial charge < -0.3 is 5.73 Å². The van der Waals surface area contributed by atoms with Crippen LogP contribution in [0.15, 0.2) is 70.6 Å². The van der Waals surface area contributed by atoms with E-state index in [2.05, 4.69) is 10.2 Å². The zero-order valence-corrected chi connectivity index (χ0v) is 15.7. The van der Waals surface area contributed by atoms with Gasteiger partial charge in [-0.1, -0.05) is 42.5 Å². The summed E-state index contributed by atoms with van der Waals surface area (Å²) in [6.45, 7) is 0.661. The predicted octanol–water partition coefficient (Wildman–Crippen LogP) is 3.83. The van der Waals surface area contributed by atoms with E-state index < -0.39 is 9.84 Å². The molecule has 0 atom stereocenters. The molecule has 3 aromatic carbocycles. The van der Waals surface area contributed by atoms with E-state index >= 15 is 0 Å². The maximum atomic E-state index is 13.4. The standard InChI is InChI=1S/C21H21N3O2S/c22-13-4-3-6-15-11-12-19-18(14-15)21(24-23-19)27(25,26)20-10-5-8-16-7-1-2-9-17(16)20/h1-2,5,7-12,14H,3-4,6,13,22H2,(H,23,24). The first kappa shape index (κ1) is 17.7. The van der Waals surface area contributed by atoms with Gasteiger partial charge in [0, 0.05) is 10.8 Å². The molecule has 0 aliphatic heterocycles. The third kappa shape index (κ3) is 3.22. The van der Waals surface area contributed by atoms with E-state index in [0.717, 1.165) is 30.2 Å². The van der Waals surface area contributed by atoms with Crippen molar-refractivity contribution in [2.24, 2.45) is 5.73 Å². The highest BCUT2D eigenvalue weighted by molar-refractivity contribution is 7.91. The van der Waals surface area contributed by atoms with Gasteiger partial charge in [0.05, 0.1) is 10.4 Å². The average Bonchev–Trinajstić information content (AvgIpc) is 3.12. The normalized spacial score (nSPS) is 12.0. The summed E-state index contributed by atoms with van der Waals surface area (Å²) in [6, 6.07) is 18.6. The first-order chi connectivity index (χ1) is 13.1. The van der Waals surface area contributed by atoms with Crippen LogP contribution in [0.1, 0.15) is 18.4 Å². The largest absolute Gasteiger partial charge is 0.330 e. The Kier molecular flexibility index (Phi) is 4.68. The summed E-state index contributed by atoms with van der Waals surface area (Å²) < 4.78 is 26.8. The summed E-state index contributed by atoms with van der Waals surface area (Å²) in [5.41, 5.74) is 7.30. The third-order valence-electron chi connectivity index (χ3n) is 4.81. The molecule has 0 saturated carbocycles. The summed E-state index contributed by atoms with van der Waals surface area (Å²) >= 11 is 0. The Labute approximate surface area is 158 Å². The molecule has 138 valence electrons. The van der Waals surface area contributed by atoms with Crippen LogP contribution in [0.2, 0.25) is 0 Å². The van der Waals surface area contributed by atoms with Crippen molar-refractivity contribution in [2.45, 2.75) is 29.2 Å². The number of hydrogen-bond acceptors (Lipinski definition) is 4. The molecule has 0 saturated heterocycles. The molecule has 4 rings (SSSR count). The number of benzene rings is 3. The van der Waals surface area contributed by atoms with E-state index in [-0.39, 0.29) is 5.03 Å². The topological polar surface area (TPSA) is 88.8 Å². The van der Waals surface area contributed by atoms with Crippen molar-refractivity contribution < 1.29 is 8.42 Å². The number of unbranched alkanes of at least 4 members (excludes halogenated alkanes) is 1. The summed E-state index contributed by atoms with van der Waals surface area (Å²) in [5.74, 6) is 0. The van der Waals surface area contributed by atoms with Gasteiger partial charge in [-0.2, -0.15) is 5.10 Å². The molecule has 6 heteroatoms. The number of aryl methyl sites for hydroxylation is 1. The van der Waals surface area contributed by atoms with Crippen molar-refractivity contribution in [1.82, 2.24) is 10.2 Å². The van der Waals surface area contributed by atoms with E-state index in [0.29, 0.717) is 27.7 Å². The zero-order chi connectivity index (χ0) is 18.9. The van der Waals surface area contributed by atoms with Crippen molar-refractivity contribution in [1.29, 1.82) is 0 Å². The molecule has 0 aliphatic carbocycles. The Bertz CT molecular complexity index is 1210. The highest BCUT2D eigenvalue weighted by Crippen LogP contribution is 2.31. The number of nitrogens with zero attached hydrogens (tertiary/aromatic N) is 1. The van der Waals surface area contributed by atoms with Crippen LogP contribution in [0, 0.1) is 0 Å². The van der Waals surface area contributed by atoms with Crippen LogP contribution in [0.3, 0.4) is 0 Å². The van der Waals surface area contributed by atoms with Gasteiger partial charge in [0.2, 0.25) is 9.84 Å². The number of nitrogens with two attached hydrogens (primary N) is 1. The van der Waals surface area contributed by atoms with Crippen LogP contribution in [-0.4, -0.2) is 25.2 Å². The predicted molar refractivity (Wildman–Crippen MR) is 107 cm³/mol. The molecule has 5 nitrogen and oxygen atoms in total. The molecular weight excluding hydrogens is 358 g/mol. The molecule has 3 N–H and O–H groups in total. The van der Waals surface area contributed by atoms with Gasteiger partial charge in [-0.05, 0) is 55.0 Å². The van der Waals surface area contributed by atoms with E-state index in [9.17, 15) is 8.42 Å². The molecule has 0 bridgehead atoms. The van der Waals surface area contributed by atoms with E-state index in [1.807, 2.05) is 48.5 Å². The van der Waals surface area contributed by atoms with Gasteiger partial charge in [0.1, 0.15) is 0 Å². The fourth-order valence-corrected chi connectivity index (χ4v) is 4.98. The monoisotopic (exact) mass is 379 g/mol. The smallest absolute Gasteiger partial charge is 0.224 e. The van der Waals surface area contributed by atoms with Gasteiger partial charge >= 0.3 is 0 Å². The van der Waals surface area contributed by atoms with Crippen LogP contribution >= 0.6 is 0 Å². The lowest BCUT2D eigenvalue weighted by atomic mass is 10.1. The Morgan fingerprint density at radius 2 is 1.74 bits per heavy atom. The van der Waals surface area contributed by atoms with Crippen molar-refractivity contribution in [3.05, 3.63) is 66.2 Å². The van der Waals surface area contributed by atoms with Crippen LogP contribution in [0.4, 0.5) is 0 Å². The second kappa shape index (κ2) is 7.13. The minimum atomic E-state index is -3.73. The fourth-order valence-electron chi connectivity index (χ4n) is 3.41. The first-order valence-corrected chi connectivity index (χ1v) is 10.5. The molecule has 4 aromatic rings. The van der Waals surface area contributed by atoms with Gasteiger partial charge in [-0.15, -0.1) is 0 Å². The number of nitrogens with one attached hydrogen (secondary N) is 1. The lowest BCUT2D eigenvalue weighted by molar-refractivity contribution is 0.593. The van der Waals surface area contributed by atoms with Crippen molar-refractivity contribution in [3.63, 3.8) is 0 Å². The van der Waals surface area contributed by atoms with Gasteiger partial charge in [-0.25, -0.2) is 8.42 Å². The molecule has 0 amide bonds. The Balaban J connectivity index is 1.84. The van der Waals surface area contributed by atoms with Crippen molar-refractivity contribution in [2.75, 3.05) is 6.54 Å². The van der Waals surface area contributed by atoms with Gasteiger partial charge in [0.25, 0.3) is 0 Å². The minimum absolute atomic E-state index is 0.148. The molecule has 0 radical (unpaired) electrons. The summed E-state index contributed by atoms with van der Waals surface area (Å²) in [7, 11) is -3.73. The number of H-pyrrole nitrogens is 1. The lowest BCUT2D eigenvalue weighted by Gasteiger charge is -2.07. The molecule has 1 aromatic heterocycles. The van der Waals surface area contributed by atoms with Crippen LogP contribution in [0.5, 0.6) is 0 Å². The van der Waals surface area contributed by atoms with Crippen LogP contribution in [-0.2, 0) is 16.3 Å². The minimum Gasteiger partial charge on any atom is -0.330 e. The van der Waals surface area contributed by atoms with E-state index in [1.165, 1.54) is 0 Å². The van der Waals surface area contributed by atoms with Crippen LogP contribution < -0.4 is 5.73 Å². The number of aromatic amines is 1. The second-order valence-electron chi connectivity index (χ2n) is 6.63. The zero-order valence-electron chi connectivity index (χ0n) is 14.9. The molecule has 0 fully saturated rings. The van der Waals surface area contributed by atoms with E-state index in [1.54, 1.807) is 12.1 Å². The average molecular weight is 379 g/mol. The van der Waals surface area contributed by atoms with Crippen molar-refractivity contribution in [3.8, 4) is 0 Å². The molecule has 0 unspecified atom stereocenters. The Morgan fingerprint density at radius 1 is 0.926 bits per heavy atom. The van der Waals surface area contributed by atoms with Gasteiger partial charge in [-0.3, -0.25) is 5.10 Å². The maximum Gasteiger partial charge on any atom is 0.224 e. The maximum absolute atomic E-state index is 13.4. The number of fused-ring (bicyclic) bond motifs is 2. The number of aromatic nitrogens is 2. The first-order valence-electron chi connectivity index (χ1n) is 9.01. The van der Waals surface area contributed by atoms with E-state index in [4.69, 9.17) is 5.73 Å². The highest BCUT2D eigenvalue weighted by Gasteiger charge is 2.25. The molecule has 0 spiro atoms. The SMILES string of the molecule is NCCCCc1ccc2n[nH]c(S(=O)(=O)c3cccc4ccccc34)c2c1. The number of hydrogen-bond donors (Lipinski definition) is 2. The summed E-state index contributed by atoms with van der Waals surface area (Å²) in [6.07, 6.45) is 2.79. The number of sulfone groups is 1. The fraction of sp³-hybridized carbons (Fsp3) is 0.190. The Morgan fingerprint density at radius 3 is 2.59 bits per heavy atom. The van der Waals surface area contributed by atoms with Crippen LogP contribution in [0.25, 0.3) is 21.7 Å². The van der Waals surface area contributed by atoms with Crippen molar-refractivity contribution >= 4 is 31.5 Å². The summed E-state index contributed by atoms with van der Waals surface area (Å²) in [4.78, 5) is 0.291. The summed E-state index contributed by atoms with van der Waals surface area (Å²) in [5, 5.41) is 9.34. The Hall–Kier alpha value is -2.70. The quantitative estimate of drug-likeness (QED) is 0.498.